The van der Waals surface area contributed by atoms with Gasteiger partial charge in [-0.05, 0) is 62.3 Å². The van der Waals surface area contributed by atoms with Gasteiger partial charge in [-0.3, -0.25) is 5.10 Å². The molecule has 1 N–H and O–H groups in total. The van der Waals surface area contributed by atoms with Crippen LogP contribution in [0.4, 0.5) is 0 Å². The monoisotopic (exact) mass is 227 g/mol. The Morgan fingerprint density at radius 3 is 2.24 bits per heavy atom. The Hall–Kier alpha value is -1.30. The number of aromatic amines is 1. The second-order valence-electron chi connectivity index (χ2n) is 6.48. The van der Waals surface area contributed by atoms with Crippen molar-refractivity contribution < 1.29 is 0 Å². The minimum Gasteiger partial charge on any atom is -0.281 e. The van der Waals surface area contributed by atoms with Gasteiger partial charge in [0.05, 0.1) is 0 Å². The number of hydrogen-bond acceptors (Lipinski definition) is 2. The molecule has 0 aromatic carbocycles. The Labute approximate surface area is 101 Å². The zero-order chi connectivity index (χ0) is 11.5. The first-order valence-electron chi connectivity index (χ1n) is 6.73. The Kier molecular flexibility index (Phi) is 1.79. The fraction of sp³-hybridized carbons (Fsp3) is 0.714. The van der Waals surface area contributed by atoms with E-state index in [0.29, 0.717) is 11.1 Å². The molecule has 0 atom stereocenters. The van der Waals surface area contributed by atoms with E-state index in [1.54, 1.807) is 0 Å². The lowest BCUT2D eigenvalue weighted by Gasteiger charge is -2.56. The van der Waals surface area contributed by atoms with Crippen LogP contribution in [-0.4, -0.2) is 10.2 Å². The molecule has 3 heteroatoms. The minimum atomic E-state index is 0.344. The Balaban J connectivity index is 1.75. The third kappa shape index (κ3) is 1.30. The second kappa shape index (κ2) is 3.13. The number of nitriles is 1. The van der Waals surface area contributed by atoms with Gasteiger partial charge in [-0.2, -0.15) is 10.4 Å². The predicted octanol–water partition coefficient (Wildman–Crippen LogP) is 2.75. The van der Waals surface area contributed by atoms with E-state index >= 15 is 0 Å². The summed E-state index contributed by atoms with van der Waals surface area (Å²) in [6, 6.07) is 4.13. The van der Waals surface area contributed by atoms with E-state index in [9.17, 15) is 0 Å². The van der Waals surface area contributed by atoms with Gasteiger partial charge in [0.2, 0.25) is 0 Å². The summed E-state index contributed by atoms with van der Waals surface area (Å²) >= 11 is 0. The topological polar surface area (TPSA) is 52.5 Å². The van der Waals surface area contributed by atoms with Crippen molar-refractivity contribution in [2.75, 3.05) is 0 Å². The lowest BCUT2D eigenvalue weighted by molar-refractivity contribution is -0.00721. The zero-order valence-electron chi connectivity index (χ0n) is 9.95. The van der Waals surface area contributed by atoms with Crippen LogP contribution in [-0.2, 0) is 5.41 Å². The average molecular weight is 227 g/mol. The van der Waals surface area contributed by atoms with Crippen LogP contribution in [0.15, 0.2) is 6.07 Å². The molecule has 3 nitrogen and oxygen atoms in total. The van der Waals surface area contributed by atoms with Crippen LogP contribution in [0, 0.1) is 29.1 Å². The van der Waals surface area contributed by atoms with E-state index in [2.05, 4.69) is 16.3 Å². The van der Waals surface area contributed by atoms with Crippen molar-refractivity contribution >= 4 is 0 Å². The molecule has 17 heavy (non-hydrogen) atoms. The predicted molar refractivity (Wildman–Crippen MR) is 63.2 cm³/mol. The van der Waals surface area contributed by atoms with Gasteiger partial charge in [-0.25, -0.2) is 0 Å². The van der Waals surface area contributed by atoms with Crippen molar-refractivity contribution in [3.8, 4) is 6.07 Å². The minimum absolute atomic E-state index is 0.344. The zero-order valence-corrected chi connectivity index (χ0v) is 9.95. The SMILES string of the molecule is N#Cc1cc(C23CC4CC(CC(C4)C2)C3)[nH]n1. The molecule has 4 aliphatic carbocycles. The Bertz CT molecular complexity index is 459. The molecule has 0 unspecified atom stereocenters. The van der Waals surface area contributed by atoms with Gasteiger partial charge in [0, 0.05) is 11.1 Å². The first-order chi connectivity index (χ1) is 8.27. The van der Waals surface area contributed by atoms with Crippen molar-refractivity contribution in [1.29, 1.82) is 5.26 Å². The lowest BCUT2D eigenvalue weighted by Crippen LogP contribution is -2.48. The molecule has 0 radical (unpaired) electrons. The first-order valence-corrected chi connectivity index (χ1v) is 6.73. The maximum atomic E-state index is 8.90. The van der Waals surface area contributed by atoms with E-state index in [-0.39, 0.29) is 0 Å². The Morgan fingerprint density at radius 1 is 1.18 bits per heavy atom. The fourth-order valence-corrected chi connectivity index (χ4v) is 5.09. The third-order valence-electron chi connectivity index (χ3n) is 5.30. The van der Waals surface area contributed by atoms with Crippen LogP contribution in [0.3, 0.4) is 0 Å². The molecule has 4 bridgehead atoms. The number of nitrogens with one attached hydrogen (secondary N) is 1. The second-order valence-corrected chi connectivity index (χ2v) is 6.48. The summed E-state index contributed by atoms with van der Waals surface area (Å²) in [5.41, 5.74) is 2.14. The third-order valence-corrected chi connectivity index (χ3v) is 5.30. The van der Waals surface area contributed by atoms with E-state index in [1.807, 2.05) is 6.07 Å². The summed E-state index contributed by atoms with van der Waals surface area (Å²) in [7, 11) is 0. The van der Waals surface area contributed by atoms with Crippen LogP contribution >= 0.6 is 0 Å². The summed E-state index contributed by atoms with van der Waals surface area (Å²) in [4.78, 5) is 0. The molecule has 4 aliphatic rings. The quantitative estimate of drug-likeness (QED) is 0.802. The fourth-order valence-electron chi connectivity index (χ4n) is 5.09. The smallest absolute Gasteiger partial charge is 0.162 e. The van der Waals surface area contributed by atoms with E-state index in [4.69, 9.17) is 5.26 Å². The summed E-state index contributed by atoms with van der Waals surface area (Å²) in [5, 5.41) is 16.1. The molecule has 4 fully saturated rings. The Morgan fingerprint density at radius 2 is 1.76 bits per heavy atom. The molecular weight excluding hydrogens is 210 g/mol. The van der Waals surface area contributed by atoms with E-state index < -0.39 is 0 Å². The summed E-state index contributed by atoms with van der Waals surface area (Å²) < 4.78 is 0. The highest BCUT2D eigenvalue weighted by Gasteiger charge is 2.52. The highest BCUT2D eigenvalue weighted by molar-refractivity contribution is 5.29. The van der Waals surface area contributed by atoms with Crippen molar-refractivity contribution in [3.63, 3.8) is 0 Å². The van der Waals surface area contributed by atoms with Crippen molar-refractivity contribution in [1.82, 2.24) is 10.2 Å². The normalized spacial score (nSPS) is 42.6. The molecule has 1 heterocycles. The van der Waals surface area contributed by atoms with Gasteiger partial charge in [-0.15, -0.1) is 0 Å². The molecule has 88 valence electrons. The van der Waals surface area contributed by atoms with Gasteiger partial charge in [0.1, 0.15) is 6.07 Å². The van der Waals surface area contributed by atoms with Gasteiger partial charge >= 0.3 is 0 Å². The summed E-state index contributed by atoms with van der Waals surface area (Å²) in [5.74, 6) is 2.82. The lowest BCUT2D eigenvalue weighted by atomic mass is 9.49. The molecule has 1 aromatic heterocycles. The van der Waals surface area contributed by atoms with Gasteiger partial charge in [0.25, 0.3) is 0 Å². The van der Waals surface area contributed by atoms with Crippen LogP contribution in [0.5, 0.6) is 0 Å². The van der Waals surface area contributed by atoms with Crippen LogP contribution < -0.4 is 0 Å². The largest absolute Gasteiger partial charge is 0.281 e. The standard InChI is InChI=1S/C14H17N3/c15-8-12-4-13(17-16-12)14-5-9-1-10(6-14)3-11(2-9)7-14/h4,9-11H,1-3,5-7H2,(H,16,17). The summed E-state index contributed by atoms with van der Waals surface area (Å²) in [6.45, 7) is 0. The van der Waals surface area contributed by atoms with Crippen molar-refractivity contribution in [2.45, 2.75) is 43.9 Å². The van der Waals surface area contributed by atoms with E-state index in [1.165, 1.54) is 44.2 Å². The molecule has 0 saturated heterocycles. The van der Waals surface area contributed by atoms with Crippen LogP contribution in [0.25, 0.3) is 0 Å². The highest BCUT2D eigenvalue weighted by Crippen LogP contribution is 2.60. The maximum absolute atomic E-state index is 8.90. The first kappa shape index (κ1) is 9.70. The van der Waals surface area contributed by atoms with Crippen molar-refractivity contribution in [3.05, 3.63) is 17.5 Å². The van der Waals surface area contributed by atoms with Crippen LogP contribution in [0.2, 0.25) is 0 Å². The molecule has 1 aromatic rings. The number of H-pyrrole nitrogens is 1. The number of aromatic nitrogens is 2. The van der Waals surface area contributed by atoms with Crippen LogP contribution in [0.1, 0.15) is 49.9 Å². The molecule has 4 saturated carbocycles. The molecule has 0 spiro atoms. The summed E-state index contributed by atoms with van der Waals surface area (Å²) in [6.07, 6.45) is 8.35. The van der Waals surface area contributed by atoms with Gasteiger partial charge in [0.15, 0.2) is 5.69 Å². The van der Waals surface area contributed by atoms with E-state index in [0.717, 1.165) is 17.8 Å². The van der Waals surface area contributed by atoms with Crippen molar-refractivity contribution in [2.24, 2.45) is 17.8 Å². The maximum Gasteiger partial charge on any atom is 0.162 e. The molecular formula is C14H17N3. The average Bonchev–Trinajstić information content (AvgIpc) is 2.76. The highest BCUT2D eigenvalue weighted by atomic mass is 15.1. The number of hydrogen-bond donors (Lipinski definition) is 1. The molecule has 0 aliphatic heterocycles. The molecule has 5 rings (SSSR count). The number of nitrogens with zero attached hydrogens (tertiary/aromatic N) is 2. The van der Waals surface area contributed by atoms with Gasteiger partial charge in [-0.1, -0.05) is 0 Å². The molecule has 0 amide bonds. The number of rotatable bonds is 1. The van der Waals surface area contributed by atoms with Gasteiger partial charge < -0.3 is 0 Å².